The lowest BCUT2D eigenvalue weighted by molar-refractivity contribution is 0.254. The number of nitrogens with zero attached hydrogens (tertiary/aromatic N) is 1. The van der Waals surface area contributed by atoms with Crippen molar-refractivity contribution in [2.75, 3.05) is 20.1 Å². The topological polar surface area (TPSA) is 3.24 Å². The van der Waals surface area contributed by atoms with Crippen LogP contribution in [0.3, 0.4) is 0 Å². The number of piperidine rings is 1. The van der Waals surface area contributed by atoms with Gasteiger partial charge in [0, 0.05) is 0 Å². The Morgan fingerprint density at radius 1 is 0.727 bits per heavy atom. The summed E-state index contributed by atoms with van der Waals surface area (Å²) >= 11 is 0. The van der Waals surface area contributed by atoms with Gasteiger partial charge in [0.2, 0.25) is 0 Å². The Hall–Kier alpha value is -2.90. The molecule has 5 aromatic rings. The maximum Gasteiger partial charge on any atom is -0.00159 e. The molecule has 1 aliphatic rings. The molecule has 0 N–H and O–H groups in total. The molecule has 0 radical (unpaired) electrons. The first-order chi connectivity index (χ1) is 15.9. The van der Waals surface area contributed by atoms with Crippen molar-refractivity contribution in [3.8, 4) is 11.1 Å². The third-order valence-corrected chi connectivity index (χ3v) is 7.86. The van der Waals surface area contributed by atoms with E-state index in [9.17, 15) is 0 Å². The van der Waals surface area contributed by atoms with Gasteiger partial charge in [-0.25, -0.2) is 0 Å². The summed E-state index contributed by atoms with van der Waals surface area (Å²) in [6, 6.07) is 27.8. The highest BCUT2D eigenvalue weighted by atomic mass is 15.1. The van der Waals surface area contributed by atoms with Gasteiger partial charge < -0.3 is 4.90 Å². The van der Waals surface area contributed by atoms with E-state index < -0.39 is 0 Å². The van der Waals surface area contributed by atoms with Gasteiger partial charge in [0.25, 0.3) is 0 Å². The molecule has 166 valence electrons. The standard InChI is InChI=1S/C32H33N/c1-32(2,3)29-20-25(12-14-27(29)21-16-18-33(4)19-17-21)26-13-10-24-9-8-22-6-5-7-23-11-15-28(26)31(24)30(22)23/h5-15,20-21H,16-19H2,1-4H3. The van der Waals surface area contributed by atoms with Crippen molar-refractivity contribution in [1.29, 1.82) is 0 Å². The summed E-state index contributed by atoms with van der Waals surface area (Å²) in [5.74, 6) is 0.672. The quantitative estimate of drug-likeness (QED) is 0.254. The molecule has 0 bridgehead atoms. The molecule has 33 heavy (non-hydrogen) atoms. The van der Waals surface area contributed by atoms with Crippen LogP contribution in [0, 0.1) is 0 Å². The van der Waals surface area contributed by atoms with Crippen LogP contribution in [0.4, 0.5) is 0 Å². The predicted molar refractivity (Wildman–Crippen MR) is 144 cm³/mol. The van der Waals surface area contributed by atoms with Gasteiger partial charge in [-0.05, 0) is 98.9 Å². The Morgan fingerprint density at radius 2 is 1.36 bits per heavy atom. The number of benzene rings is 5. The summed E-state index contributed by atoms with van der Waals surface area (Å²) in [7, 11) is 2.25. The zero-order chi connectivity index (χ0) is 22.7. The van der Waals surface area contributed by atoms with Crippen LogP contribution >= 0.6 is 0 Å². The molecule has 1 fully saturated rings. The van der Waals surface area contributed by atoms with E-state index in [1.807, 2.05) is 0 Å². The highest BCUT2D eigenvalue weighted by Gasteiger charge is 2.26. The van der Waals surface area contributed by atoms with Gasteiger partial charge in [0.05, 0.1) is 0 Å². The summed E-state index contributed by atoms with van der Waals surface area (Å²) in [5, 5.41) is 8.15. The average Bonchev–Trinajstić information content (AvgIpc) is 2.82. The first kappa shape index (κ1) is 20.7. The molecule has 0 amide bonds. The van der Waals surface area contributed by atoms with Gasteiger partial charge >= 0.3 is 0 Å². The fourth-order valence-electron chi connectivity index (χ4n) is 6.04. The van der Waals surface area contributed by atoms with E-state index in [1.54, 1.807) is 5.56 Å². The predicted octanol–water partition coefficient (Wildman–Crippen LogP) is 8.36. The Labute approximate surface area is 197 Å². The third kappa shape index (κ3) is 3.42. The first-order valence-electron chi connectivity index (χ1n) is 12.4. The first-order valence-corrected chi connectivity index (χ1v) is 12.4. The minimum absolute atomic E-state index is 0.123. The third-order valence-electron chi connectivity index (χ3n) is 7.86. The molecule has 5 aromatic carbocycles. The van der Waals surface area contributed by atoms with Gasteiger partial charge in [-0.2, -0.15) is 0 Å². The minimum Gasteiger partial charge on any atom is -0.306 e. The molecule has 1 saturated heterocycles. The Balaban J connectivity index is 1.55. The second-order valence-corrected chi connectivity index (χ2v) is 11.1. The average molecular weight is 432 g/mol. The van der Waals surface area contributed by atoms with Gasteiger partial charge in [-0.15, -0.1) is 0 Å². The van der Waals surface area contributed by atoms with Crippen molar-refractivity contribution in [1.82, 2.24) is 4.90 Å². The number of likely N-dealkylation sites (tertiary alicyclic amines) is 1. The molecule has 1 heterocycles. The molecular weight excluding hydrogens is 398 g/mol. The lowest BCUT2D eigenvalue weighted by Gasteiger charge is -2.33. The van der Waals surface area contributed by atoms with E-state index in [4.69, 9.17) is 0 Å². The molecule has 0 aliphatic carbocycles. The molecule has 0 aromatic heterocycles. The van der Waals surface area contributed by atoms with Crippen molar-refractivity contribution in [2.45, 2.75) is 44.9 Å². The van der Waals surface area contributed by atoms with Crippen LogP contribution in [0.15, 0.2) is 72.8 Å². The molecule has 0 unspecified atom stereocenters. The monoisotopic (exact) mass is 431 g/mol. The van der Waals surface area contributed by atoms with Crippen LogP contribution < -0.4 is 0 Å². The summed E-state index contributed by atoms with van der Waals surface area (Å²) in [5.41, 5.74) is 5.89. The van der Waals surface area contributed by atoms with E-state index in [0.29, 0.717) is 5.92 Å². The maximum absolute atomic E-state index is 2.50. The SMILES string of the molecule is CN1CCC(c2ccc(-c3ccc4ccc5cccc6ccc3c4c56)cc2C(C)(C)C)CC1. The van der Waals surface area contributed by atoms with Crippen LogP contribution in [0.25, 0.3) is 43.4 Å². The van der Waals surface area contributed by atoms with E-state index in [1.165, 1.54) is 74.9 Å². The summed E-state index contributed by atoms with van der Waals surface area (Å²) < 4.78 is 0. The molecule has 0 spiro atoms. The largest absolute Gasteiger partial charge is 0.306 e. The number of hydrogen-bond acceptors (Lipinski definition) is 1. The van der Waals surface area contributed by atoms with Crippen LogP contribution in [-0.4, -0.2) is 25.0 Å². The molecule has 0 saturated carbocycles. The van der Waals surface area contributed by atoms with Gasteiger partial charge in [0.15, 0.2) is 0 Å². The number of rotatable bonds is 2. The molecule has 1 aliphatic heterocycles. The molecule has 1 nitrogen and oxygen atoms in total. The van der Waals surface area contributed by atoms with E-state index in [-0.39, 0.29) is 5.41 Å². The molecule has 1 heteroatoms. The van der Waals surface area contributed by atoms with Gasteiger partial charge in [-0.1, -0.05) is 93.6 Å². The van der Waals surface area contributed by atoms with E-state index in [2.05, 4.69) is 106 Å². The van der Waals surface area contributed by atoms with E-state index >= 15 is 0 Å². The highest BCUT2D eigenvalue weighted by molar-refractivity contribution is 6.25. The zero-order valence-electron chi connectivity index (χ0n) is 20.3. The highest BCUT2D eigenvalue weighted by Crippen LogP contribution is 2.42. The summed E-state index contributed by atoms with van der Waals surface area (Å²) in [4.78, 5) is 2.46. The normalized spacial score (nSPS) is 16.4. The van der Waals surface area contributed by atoms with Gasteiger partial charge in [-0.3, -0.25) is 0 Å². The van der Waals surface area contributed by atoms with Crippen molar-refractivity contribution >= 4 is 32.3 Å². The Kier molecular flexibility index (Phi) is 4.74. The zero-order valence-corrected chi connectivity index (χ0v) is 20.3. The van der Waals surface area contributed by atoms with Crippen molar-refractivity contribution in [2.24, 2.45) is 0 Å². The van der Waals surface area contributed by atoms with Crippen LogP contribution in [0.2, 0.25) is 0 Å². The molecule has 0 atom stereocenters. The van der Waals surface area contributed by atoms with Crippen LogP contribution in [0.5, 0.6) is 0 Å². The van der Waals surface area contributed by atoms with E-state index in [0.717, 1.165) is 0 Å². The Bertz CT molecular complexity index is 1450. The fourth-order valence-corrected chi connectivity index (χ4v) is 6.04. The van der Waals surface area contributed by atoms with Crippen LogP contribution in [0.1, 0.15) is 50.7 Å². The Morgan fingerprint density at radius 3 is 2.06 bits per heavy atom. The van der Waals surface area contributed by atoms with Crippen molar-refractivity contribution in [3.05, 3.63) is 83.9 Å². The van der Waals surface area contributed by atoms with Gasteiger partial charge in [0.1, 0.15) is 0 Å². The smallest absolute Gasteiger partial charge is 0.00159 e. The minimum atomic E-state index is 0.123. The molecular formula is C32H33N. The van der Waals surface area contributed by atoms with Crippen molar-refractivity contribution < 1.29 is 0 Å². The molecule has 6 rings (SSSR count). The fraction of sp³-hybridized carbons (Fsp3) is 0.312. The summed E-state index contributed by atoms with van der Waals surface area (Å²) in [6.07, 6.45) is 2.52. The maximum atomic E-state index is 2.50. The summed E-state index contributed by atoms with van der Waals surface area (Å²) in [6.45, 7) is 9.51. The second-order valence-electron chi connectivity index (χ2n) is 11.1. The van der Waals surface area contributed by atoms with Crippen LogP contribution in [-0.2, 0) is 5.41 Å². The lowest BCUT2D eigenvalue weighted by atomic mass is 9.76. The second kappa shape index (κ2) is 7.57. The lowest BCUT2D eigenvalue weighted by Crippen LogP contribution is -2.30. The van der Waals surface area contributed by atoms with Crippen molar-refractivity contribution in [3.63, 3.8) is 0 Å². The number of hydrogen-bond donors (Lipinski definition) is 0.